The Bertz CT molecular complexity index is 662. The zero-order valence-electron chi connectivity index (χ0n) is 32.6. The molecule has 264 valence electrons. The third kappa shape index (κ3) is 24.0. The van der Waals surface area contributed by atoms with Gasteiger partial charge >= 0.3 is 0 Å². The van der Waals surface area contributed by atoms with Crippen molar-refractivity contribution < 1.29 is 5.11 Å². The molecule has 1 N–H and O–H groups in total. The molecule has 0 amide bonds. The van der Waals surface area contributed by atoms with Gasteiger partial charge in [0, 0.05) is 52.1 Å². The molecule has 0 spiro atoms. The highest BCUT2D eigenvalue weighted by molar-refractivity contribution is 5.22. The van der Waals surface area contributed by atoms with Crippen LogP contribution in [-0.2, 0) is 0 Å². The van der Waals surface area contributed by atoms with Crippen LogP contribution in [0.2, 0.25) is 0 Å². The Morgan fingerprint density at radius 2 is 1.45 bits per heavy atom. The van der Waals surface area contributed by atoms with Crippen LogP contribution in [0.3, 0.4) is 0 Å². The van der Waals surface area contributed by atoms with Crippen molar-refractivity contribution >= 4 is 0 Å². The summed E-state index contributed by atoms with van der Waals surface area (Å²) < 4.78 is 0. The predicted molar refractivity (Wildman–Crippen MR) is 202 cm³/mol. The lowest BCUT2D eigenvalue weighted by atomic mass is 9.74. The van der Waals surface area contributed by atoms with Gasteiger partial charge in [-0.15, -0.1) is 0 Å². The zero-order chi connectivity index (χ0) is 34.2. The van der Waals surface area contributed by atoms with Crippen LogP contribution in [0.5, 0.6) is 0 Å². The summed E-state index contributed by atoms with van der Waals surface area (Å²) in [6, 6.07) is 0. The first-order chi connectivity index (χ1) is 21.2. The number of hydrogen-bond donors (Lipinski definition) is 1. The van der Waals surface area contributed by atoms with E-state index in [0.717, 1.165) is 38.6 Å². The number of rotatable bonds is 20. The van der Waals surface area contributed by atoms with Crippen molar-refractivity contribution in [3.63, 3.8) is 0 Å². The molecule has 2 unspecified atom stereocenters. The van der Waals surface area contributed by atoms with E-state index in [9.17, 15) is 0 Å². The molecule has 0 aromatic heterocycles. The summed E-state index contributed by atoms with van der Waals surface area (Å²) in [5, 5.41) is 7.00. The van der Waals surface area contributed by atoms with Crippen LogP contribution in [0, 0.1) is 17.3 Å². The molecule has 0 aliphatic carbocycles. The lowest BCUT2D eigenvalue weighted by molar-refractivity contribution is 0.204. The normalized spacial score (nSPS) is 15.2. The Balaban J connectivity index is -0.000000757. The van der Waals surface area contributed by atoms with Crippen LogP contribution in [0.25, 0.3) is 0 Å². The van der Waals surface area contributed by atoms with E-state index < -0.39 is 0 Å². The molecule has 0 radical (unpaired) electrons. The van der Waals surface area contributed by atoms with E-state index in [1.165, 1.54) is 102 Å². The number of nitrogens with zero attached hydrogens (tertiary/aromatic N) is 3. The van der Waals surface area contributed by atoms with Gasteiger partial charge in [-0.25, -0.2) is 0 Å². The van der Waals surface area contributed by atoms with Crippen molar-refractivity contribution in [3.05, 3.63) is 36.2 Å². The second kappa shape index (κ2) is 33.1. The largest absolute Gasteiger partial charge is 0.400 e. The molecule has 1 aliphatic rings. The lowest BCUT2D eigenvalue weighted by Gasteiger charge is -2.32. The Labute approximate surface area is 279 Å². The van der Waals surface area contributed by atoms with Gasteiger partial charge in [-0.2, -0.15) is 0 Å². The molecule has 1 fully saturated rings. The van der Waals surface area contributed by atoms with Crippen LogP contribution >= 0.6 is 0 Å². The van der Waals surface area contributed by atoms with Gasteiger partial charge in [-0.05, 0) is 94.7 Å². The van der Waals surface area contributed by atoms with Crippen LogP contribution in [0.15, 0.2) is 36.2 Å². The van der Waals surface area contributed by atoms with Gasteiger partial charge in [-0.1, -0.05) is 113 Å². The van der Waals surface area contributed by atoms with Gasteiger partial charge in [0.05, 0.1) is 0 Å². The maximum atomic E-state index is 7.00. The molecule has 1 heterocycles. The maximum Gasteiger partial charge on any atom is 0.0363 e. The van der Waals surface area contributed by atoms with Gasteiger partial charge < -0.3 is 19.8 Å². The first kappa shape index (κ1) is 47.2. The minimum absolute atomic E-state index is 0.669. The Morgan fingerprint density at radius 1 is 0.864 bits per heavy atom. The van der Waals surface area contributed by atoms with Crippen molar-refractivity contribution in [3.8, 4) is 0 Å². The van der Waals surface area contributed by atoms with Crippen molar-refractivity contribution in [2.24, 2.45) is 17.3 Å². The number of aliphatic hydroxyl groups excluding tert-OH is 1. The zero-order valence-corrected chi connectivity index (χ0v) is 32.6. The molecule has 1 saturated heterocycles. The highest BCUT2D eigenvalue weighted by Crippen LogP contribution is 2.37. The highest BCUT2D eigenvalue weighted by Gasteiger charge is 2.24. The average molecular weight is 622 g/mol. The Hall–Kier alpha value is -1.26. The molecule has 4 heteroatoms. The van der Waals surface area contributed by atoms with Gasteiger partial charge in [0.2, 0.25) is 0 Å². The minimum atomic E-state index is 0.669. The van der Waals surface area contributed by atoms with E-state index >= 15 is 0 Å². The van der Waals surface area contributed by atoms with Crippen molar-refractivity contribution in [1.29, 1.82) is 0 Å². The van der Waals surface area contributed by atoms with Crippen LogP contribution < -0.4 is 0 Å². The minimum Gasteiger partial charge on any atom is -0.400 e. The summed E-state index contributed by atoms with van der Waals surface area (Å²) >= 11 is 0. The topological polar surface area (TPSA) is 30.0 Å². The Kier molecular flexibility index (Phi) is 35.5. The van der Waals surface area contributed by atoms with Gasteiger partial charge in [0.1, 0.15) is 0 Å². The highest BCUT2D eigenvalue weighted by atomic mass is 16.2. The smallest absolute Gasteiger partial charge is 0.0363 e. The van der Waals surface area contributed by atoms with Gasteiger partial charge in [-0.3, -0.25) is 0 Å². The van der Waals surface area contributed by atoms with E-state index in [1.807, 2.05) is 13.8 Å². The van der Waals surface area contributed by atoms with Crippen LogP contribution in [-0.4, -0.2) is 73.2 Å². The average Bonchev–Trinajstić information content (AvgIpc) is 3.07. The molecule has 1 rings (SSSR count). The summed E-state index contributed by atoms with van der Waals surface area (Å²) in [6.45, 7) is 31.6. The van der Waals surface area contributed by atoms with E-state index in [2.05, 4.69) is 115 Å². The van der Waals surface area contributed by atoms with E-state index in [0.29, 0.717) is 5.41 Å². The monoisotopic (exact) mass is 622 g/mol. The number of allylic oxidation sites excluding steroid dienone is 4. The molecule has 0 saturated carbocycles. The molecule has 2 atom stereocenters. The van der Waals surface area contributed by atoms with Crippen LogP contribution in [0.4, 0.5) is 0 Å². The molecule has 0 aromatic rings. The molecule has 0 bridgehead atoms. The lowest BCUT2D eigenvalue weighted by Crippen LogP contribution is -2.32. The number of likely N-dealkylation sites (N-methyl/N-ethyl adjacent to an activating group) is 2. The first-order valence-corrected chi connectivity index (χ1v) is 18.9. The number of likely N-dealkylation sites (tertiary alicyclic amines) is 1. The second-order valence-corrected chi connectivity index (χ2v) is 12.7. The summed E-state index contributed by atoms with van der Waals surface area (Å²) in [6.07, 6.45) is 27.6. The quantitative estimate of drug-likeness (QED) is 0.137. The first-order valence-electron chi connectivity index (χ1n) is 18.9. The summed E-state index contributed by atoms with van der Waals surface area (Å²) in [5.41, 5.74) is 2.02. The molecule has 0 aromatic carbocycles. The van der Waals surface area contributed by atoms with Crippen molar-refractivity contribution in [1.82, 2.24) is 14.7 Å². The molecular weight excluding hydrogens is 538 g/mol. The third-order valence-corrected chi connectivity index (χ3v) is 9.50. The van der Waals surface area contributed by atoms with Crippen molar-refractivity contribution in [2.75, 3.05) is 53.4 Å². The molecule has 1 aliphatic heterocycles. The Morgan fingerprint density at radius 3 is 1.93 bits per heavy atom. The number of piperidine rings is 1. The fourth-order valence-corrected chi connectivity index (χ4v) is 5.88. The SMILES string of the molecule is CC.CCCC(CC)(CC)CCCC(C)CC.CO.C\C=C/C(=C\C=C\N(CC)CCN(C)CC(C)CC)N1CCCCC1. The molecule has 4 nitrogen and oxygen atoms in total. The summed E-state index contributed by atoms with van der Waals surface area (Å²) in [7, 11) is 3.24. The van der Waals surface area contributed by atoms with E-state index in [-0.39, 0.29) is 0 Å². The molecular formula is C40H83N3O. The maximum absolute atomic E-state index is 7.00. The summed E-state index contributed by atoms with van der Waals surface area (Å²) in [4.78, 5) is 7.39. The standard InChI is InChI=1S/C22H41N3.C15H32.C2H6.CH4O/c1-6-13-22(25-16-10-9-11-17-25)14-12-15-24(8-3)19-18-23(5)20-21(4)7-2;1-6-12-15(8-3,9-4)13-10-11-14(5)7-2;2*1-2/h6,12-15,21H,7-11,16-20H2,1-5H3;14H,6-13H2,1-5H3;1-2H3;2H,1H3/b13-6-,15-12+,22-14+;;;. The fourth-order valence-electron chi connectivity index (χ4n) is 5.88. The fraction of sp³-hybridized carbons (Fsp3) is 0.850. The van der Waals surface area contributed by atoms with Gasteiger partial charge in [0.15, 0.2) is 0 Å². The van der Waals surface area contributed by atoms with E-state index in [1.54, 1.807) is 0 Å². The van der Waals surface area contributed by atoms with Gasteiger partial charge in [0.25, 0.3) is 0 Å². The summed E-state index contributed by atoms with van der Waals surface area (Å²) in [5.74, 6) is 1.71. The number of hydrogen-bond acceptors (Lipinski definition) is 4. The molecule has 44 heavy (non-hydrogen) atoms. The second-order valence-electron chi connectivity index (χ2n) is 12.7. The van der Waals surface area contributed by atoms with Crippen molar-refractivity contribution in [2.45, 2.75) is 153 Å². The predicted octanol–water partition coefficient (Wildman–Crippen LogP) is 11.2. The van der Waals surface area contributed by atoms with Crippen LogP contribution in [0.1, 0.15) is 153 Å². The number of aliphatic hydroxyl groups is 1. The third-order valence-electron chi connectivity index (χ3n) is 9.50. The van der Waals surface area contributed by atoms with E-state index in [4.69, 9.17) is 5.11 Å².